The number of nitrogens with one attached hydrogen (secondary N) is 3. The van der Waals surface area contributed by atoms with Gasteiger partial charge < -0.3 is 47.8 Å². The molecule has 0 fully saturated rings. The van der Waals surface area contributed by atoms with Crippen molar-refractivity contribution in [2.24, 2.45) is 11.5 Å². The van der Waals surface area contributed by atoms with Crippen molar-refractivity contribution >= 4 is 41.5 Å². The number of aliphatic hydroxyl groups is 1. The quantitative estimate of drug-likeness (QED) is 0.0993. The smallest absolute Gasteiger partial charge is 0.328 e. The maximum atomic E-state index is 12.6. The standard InChI is InChI=1S/C18H29N5O11/c1-7(24)14(18(33)34)23-16(31)9(3-4-11(20)25)21-17(32)10(6-13(28)29)22-15(30)8(19)2-5-12(26)27/h7-10,14,24H,2-6,19H2,1H3,(H2,20,25)(H,21,32)(H,22,30)(H,23,31)(H,26,27)(H,28,29)(H,33,34). The summed E-state index contributed by atoms with van der Waals surface area (Å²) < 4.78 is 0. The average Bonchev–Trinajstić information content (AvgIpc) is 2.70. The van der Waals surface area contributed by atoms with Crippen molar-refractivity contribution in [2.45, 2.75) is 69.3 Å². The van der Waals surface area contributed by atoms with Gasteiger partial charge >= 0.3 is 17.9 Å². The Kier molecular flexibility index (Phi) is 12.8. The predicted octanol–water partition coefficient (Wildman–Crippen LogP) is -4.16. The van der Waals surface area contributed by atoms with Crippen LogP contribution in [-0.4, -0.2) is 92.2 Å². The molecule has 0 rings (SSSR count). The van der Waals surface area contributed by atoms with Gasteiger partial charge in [-0.15, -0.1) is 0 Å². The zero-order chi connectivity index (χ0) is 26.6. The topological polar surface area (TPSA) is 289 Å². The van der Waals surface area contributed by atoms with Gasteiger partial charge in [0.1, 0.15) is 12.1 Å². The number of primary amides is 1. The fourth-order valence-corrected chi connectivity index (χ4v) is 2.54. The fourth-order valence-electron chi connectivity index (χ4n) is 2.54. The summed E-state index contributed by atoms with van der Waals surface area (Å²) in [4.78, 5) is 81.3. The van der Waals surface area contributed by atoms with Crippen LogP contribution in [0.5, 0.6) is 0 Å². The van der Waals surface area contributed by atoms with Crippen LogP contribution in [-0.2, 0) is 33.6 Å². The number of carboxylic acids is 3. The van der Waals surface area contributed by atoms with E-state index in [0.717, 1.165) is 6.92 Å². The van der Waals surface area contributed by atoms with Crippen LogP contribution >= 0.6 is 0 Å². The van der Waals surface area contributed by atoms with Crippen LogP contribution in [0.25, 0.3) is 0 Å². The SMILES string of the molecule is CC(O)C(NC(=O)C(CCC(N)=O)NC(=O)C(CC(=O)O)NC(=O)C(N)CCC(=O)O)C(=O)O. The molecule has 0 spiro atoms. The molecule has 192 valence electrons. The number of carbonyl (C=O) groups excluding carboxylic acids is 4. The van der Waals surface area contributed by atoms with Gasteiger partial charge in [-0.2, -0.15) is 0 Å². The molecule has 0 aromatic heterocycles. The van der Waals surface area contributed by atoms with E-state index < -0.39 is 97.5 Å². The summed E-state index contributed by atoms with van der Waals surface area (Å²) in [7, 11) is 0. The highest BCUT2D eigenvalue weighted by atomic mass is 16.4. The number of aliphatic hydroxyl groups excluding tert-OH is 1. The first kappa shape index (κ1) is 30.2. The normalized spacial score (nSPS) is 15.0. The van der Waals surface area contributed by atoms with Gasteiger partial charge in [-0.1, -0.05) is 0 Å². The second-order valence-electron chi connectivity index (χ2n) is 7.33. The number of aliphatic carboxylic acids is 3. The van der Waals surface area contributed by atoms with E-state index in [-0.39, 0.29) is 6.42 Å². The fraction of sp³-hybridized carbons (Fsp3) is 0.611. The first-order valence-electron chi connectivity index (χ1n) is 9.95. The Morgan fingerprint density at radius 3 is 1.74 bits per heavy atom. The van der Waals surface area contributed by atoms with Crippen molar-refractivity contribution in [1.82, 2.24) is 16.0 Å². The molecular weight excluding hydrogens is 462 g/mol. The minimum atomic E-state index is -1.76. The molecule has 0 aliphatic carbocycles. The zero-order valence-corrected chi connectivity index (χ0v) is 18.2. The molecule has 5 atom stereocenters. The molecule has 0 saturated carbocycles. The summed E-state index contributed by atoms with van der Waals surface area (Å²) in [5.41, 5.74) is 10.6. The number of carbonyl (C=O) groups is 7. The maximum Gasteiger partial charge on any atom is 0.328 e. The van der Waals surface area contributed by atoms with Gasteiger partial charge in [-0.25, -0.2) is 4.79 Å². The van der Waals surface area contributed by atoms with E-state index in [0.29, 0.717) is 0 Å². The Balaban J connectivity index is 5.56. The summed E-state index contributed by atoms with van der Waals surface area (Å²) in [6.45, 7) is 1.09. The highest BCUT2D eigenvalue weighted by Crippen LogP contribution is 2.04. The predicted molar refractivity (Wildman–Crippen MR) is 111 cm³/mol. The molecule has 0 heterocycles. The van der Waals surface area contributed by atoms with Gasteiger partial charge in [0.05, 0.1) is 18.6 Å². The number of carboxylic acid groups (broad SMARTS) is 3. The Morgan fingerprint density at radius 2 is 1.29 bits per heavy atom. The number of nitrogens with two attached hydrogens (primary N) is 2. The monoisotopic (exact) mass is 491 g/mol. The molecule has 34 heavy (non-hydrogen) atoms. The van der Waals surface area contributed by atoms with Gasteiger partial charge in [0, 0.05) is 12.8 Å². The molecular formula is C18H29N5O11. The van der Waals surface area contributed by atoms with Crippen LogP contribution in [0.3, 0.4) is 0 Å². The molecule has 16 nitrogen and oxygen atoms in total. The van der Waals surface area contributed by atoms with Gasteiger partial charge in [-0.3, -0.25) is 28.8 Å². The van der Waals surface area contributed by atoms with E-state index in [1.807, 2.05) is 5.32 Å². The third-order valence-electron chi connectivity index (χ3n) is 4.38. The summed E-state index contributed by atoms with van der Waals surface area (Å²) in [5, 5.41) is 42.4. The summed E-state index contributed by atoms with van der Waals surface area (Å²) in [6, 6.07) is -6.48. The second-order valence-corrected chi connectivity index (χ2v) is 7.33. The van der Waals surface area contributed by atoms with Crippen molar-refractivity contribution in [2.75, 3.05) is 0 Å². The Hall–Kier alpha value is -3.79. The van der Waals surface area contributed by atoms with Crippen molar-refractivity contribution in [3.8, 4) is 0 Å². The van der Waals surface area contributed by atoms with E-state index in [2.05, 4.69) is 10.6 Å². The lowest BCUT2D eigenvalue weighted by Crippen LogP contribution is -2.58. The zero-order valence-electron chi connectivity index (χ0n) is 18.2. The first-order valence-corrected chi connectivity index (χ1v) is 9.95. The molecule has 0 radical (unpaired) electrons. The lowest BCUT2D eigenvalue weighted by Gasteiger charge is -2.25. The molecule has 0 aromatic carbocycles. The Labute approximate surface area is 193 Å². The van der Waals surface area contributed by atoms with Crippen molar-refractivity contribution in [3.63, 3.8) is 0 Å². The molecule has 0 aromatic rings. The van der Waals surface area contributed by atoms with Crippen LogP contribution in [0.2, 0.25) is 0 Å². The van der Waals surface area contributed by atoms with Crippen molar-refractivity contribution in [3.05, 3.63) is 0 Å². The molecule has 0 saturated heterocycles. The van der Waals surface area contributed by atoms with Crippen molar-refractivity contribution < 1.29 is 54.0 Å². The van der Waals surface area contributed by atoms with Gasteiger partial charge in [0.2, 0.25) is 23.6 Å². The van der Waals surface area contributed by atoms with E-state index in [9.17, 15) is 38.7 Å². The van der Waals surface area contributed by atoms with E-state index in [1.165, 1.54) is 0 Å². The average molecular weight is 491 g/mol. The lowest BCUT2D eigenvalue weighted by atomic mass is 10.1. The van der Waals surface area contributed by atoms with Crippen LogP contribution in [0.1, 0.15) is 39.0 Å². The lowest BCUT2D eigenvalue weighted by molar-refractivity contribution is -0.145. The number of rotatable bonds is 16. The number of hydrogen-bond donors (Lipinski definition) is 9. The largest absolute Gasteiger partial charge is 0.481 e. The maximum absolute atomic E-state index is 12.6. The number of amides is 4. The highest BCUT2D eigenvalue weighted by molar-refractivity contribution is 5.96. The van der Waals surface area contributed by atoms with Crippen LogP contribution in [0.15, 0.2) is 0 Å². The van der Waals surface area contributed by atoms with Gasteiger partial charge in [0.25, 0.3) is 0 Å². The summed E-state index contributed by atoms with van der Waals surface area (Å²) in [6.07, 6.45) is -4.08. The van der Waals surface area contributed by atoms with Crippen molar-refractivity contribution in [1.29, 1.82) is 0 Å². The third kappa shape index (κ3) is 11.7. The minimum Gasteiger partial charge on any atom is -0.481 e. The van der Waals surface area contributed by atoms with Crippen LogP contribution in [0, 0.1) is 0 Å². The van der Waals surface area contributed by atoms with Crippen LogP contribution < -0.4 is 27.4 Å². The molecule has 0 aliphatic heterocycles. The van der Waals surface area contributed by atoms with Crippen LogP contribution in [0.4, 0.5) is 0 Å². The molecule has 4 amide bonds. The molecule has 0 aliphatic rings. The number of hydrogen-bond acceptors (Lipinski definition) is 9. The Bertz CT molecular complexity index is 801. The minimum absolute atomic E-state index is 0.303. The Morgan fingerprint density at radius 1 is 0.765 bits per heavy atom. The van der Waals surface area contributed by atoms with E-state index >= 15 is 0 Å². The highest BCUT2D eigenvalue weighted by Gasteiger charge is 2.32. The summed E-state index contributed by atoms with van der Waals surface area (Å²) >= 11 is 0. The van der Waals surface area contributed by atoms with E-state index in [4.69, 9.17) is 26.8 Å². The summed E-state index contributed by atoms with van der Waals surface area (Å²) in [5.74, 6) is -8.54. The van der Waals surface area contributed by atoms with Gasteiger partial charge in [0.15, 0.2) is 6.04 Å². The molecule has 5 unspecified atom stereocenters. The third-order valence-corrected chi connectivity index (χ3v) is 4.38. The van der Waals surface area contributed by atoms with E-state index in [1.54, 1.807) is 0 Å². The van der Waals surface area contributed by atoms with Gasteiger partial charge in [-0.05, 0) is 19.8 Å². The molecule has 0 bridgehead atoms. The second kappa shape index (κ2) is 14.4. The first-order chi connectivity index (χ1) is 15.6. The molecule has 16 heteroatoms. The molecule has 11 N–H and O–H groups in total.